The third kappa shape index (κ3) is 3.36. The molecule has 0 bridgehead atoms. The first-order valence-corrected chi connectivity index (χ1v) is 7.70. The highest BCUT2D eigenvalue weighted by molar-refractivity contribution is 8.22. The summed E-state index contributed by atoms with van der Waals surface area (Å²) in [5.41, 5.74) is -1.62. The van der Waals surface area contributed by atoms with Crippen LogP contribution in [0.1, 0.15) is 25.5 Å². The maximum Gasteiger partial charge on any atom is 0.433 e. The fraction of sp³-hybridized carbons (Fsp3) is 0.286. The Balaban J connectivity index is 2.47. The maximum atomic E-state index is 12.5. The molecular formula is C14H12F3N3OS. The van der Waals surface area contributed by atoms with E-state index < -0.39 is 27.9 Å². The normalized spacial score (nSPS) is 18.0. The minimum absolute atomic E-state index is 0.411. The van der Waals surface area contributed by atoms with E-state index in [1.807, 2.05) is 6.92 Å². The highest BCUT2D eigenvalue weighted by Crippen LogP contribution is 2.28. The van der Waals surface area contributed by atoms with Crippen molar-refractivity contribution in [3.8, 4) is 5.40 Å². The standard InChI is InChI=1S/C14H12F3N3OS/c1-2-3-11-6-10(4-5-22(11)8-18)20-9-19-12(7-13(20)21)14(15,16)17/h4-7,9H,2-3H2,1H3. The number of aromatic nitrogens is 2. The zero-order valence-corrected chi connectivity index (χ0v) is 12.4. The Morgan fingerprint density at radius 2 is 2.18 bits per heavy atom. The van der Waals surface area contributed by atoms with Crippen molar-refractivity contribution in [1.82, 2.24) is 9.55 Å². The van der Waals surface area contributed by atoms with Crippen molar-refractivity contribution in [1.29, 1.82) is 5.26 Å². The van der Waals surface area contributed by atoms with Crippen molar-refractivity contribution < 1.29 is 13.2 Å². The van der Waals surface area contributed by atoms with Gasteiger partial charge in [-0.05, 0) is 28.8 Å². The number of alkyl halides is 3. The number of allylic oxidation sites excluding steroid dienone is 3. The Kier molecular flexibility index (Phi) is 4.66. The number of nitrogens with zero attached hydrogens (tertiary/aromatic N) is 3. The molecule has 1 aromatic rings. The molecule has 0 saturated carbocycles. The second-order valence-electron chi connectivity index (χ2n) is 4.50. The van der Waals surface area contributed by atoms with Gasteiger partial charge < -0.3 is 0 Å². The highest BCUT2D eigenvalue weighted by atomic mass is 32.2. The molecule has 116 valence electrons. The molecule has 2 rings (SSSR count). The molecular weight excluding hydrogens is 315 g/mol. The highest BCUT2D eigenvalue weighted by Gasteiger charge is 2.33. The van der Waals surface area contributed by atoms with E-state index in [0.717, 1.165) is 22.2 Å². The lowest BCUT2D eigenvalue weighted by Crippen LogP contribution is -2.23. The van der Waals surface area contributed by atoms with Crippen LogP contribution in [0.25, 0.3) is 5.70 Å². The zero-order valence-electron chi connectivity index (χ0n) is 11.6. The summed E-state index contributed by atoms with van der Waals surface area (Å²) in [7, 11) is -0.659. The van der Waals surface area contributed by atoms with Crippen LogP contribution in [0, 0.1) is 10.7 Å². The molecule has 0 amide bonds. The first-order valence-electron chi connectivity index (χ1n) is 6.41. The predicted molar refractivity (Wildman–Crippen MR) is 80.0 cm³/mol. The van der Waals surface area contributed by atoms with E-state index in [4.69, 9.17) is 5.26 Å². The van der Waals surface area contributed by atoms with Gasteiger partial charge in [-0.25, -0.2) is 4.98 Å². The van der Waals surface area contributed by atoms with Crippen LogP contribution in [-0.2, 0) is 6.18 Å². The third-order valence-corrected chi connectivity index (χ3v) is 4.43. The van der Waals surface area contributed by atoms with Gasteiger partial charge in [-0.15, -0.1) is 0 Å². The lowest BCUT2D eigenvalue weighted by Gasteiger charge is -2.14. The molecule has 8 heteroatoms. The van der Waals surface area contributed by atoms with E-state index in [1.165, 1.54) is 0 Å². The molecule has 1 aromatic heterocycles. The number of nitriles is 1. The smallest absolute Gasteiger partial charge is 0.269 e. The van der Waals surface area contributed by atoms with Gasteiger partial charge in [0.05, 0.1) is 5.70 Å². The number of halogens is 3. The first-order chi connectivity index (χ1) is 10.4. The van der Waals surface area contributed by atoms with Gasteiger partial charge in [0.1, 0.15) is 11.7 Å². The van der Waals surface area contributed by atoms with E-state index in [0.29, 0.717) is 18.2 Å². The van der Waals surface area contributed by atoms with Gasteiger partial charge in [-0.1, -0.05) is 23.8 Å². The quantitative estimate of drug-likeness (QED) is 0.632. The molecule has 0 N–H and O–H groups in total. The summed E-state index contributed by atoms with van der Waals surface area (Å²) < 4.78 is 38.6. The van der Waals surface area contributed by atoms with Crippen molar-refractivity contribution in [2.75, 3.05) is 0 Å². The van der Waals surface area contributed by atoms with Gasteiger partial charge in [0.2, 0.25) is 0 Å². The summed E-state index contributed by atoms with van der Waals surface area (Å²) in [5.74, 6) is 0. The lowest BCUT2D eigenvalue weighted by molar-refractivity contribution is -0.141. The van der Waals surface area contributed by atoms with E-state index in [-0.39, 0.29) is 0 Å². The number of rotatable bonds is 3. The van der Waals surface area contributed by atoms with Crippen molar-refractivity contribution in [2.45, 2.75) is 25.9 Å². The predicted octanol–water partition coefficient (Wildman–Crippen LogP) is 3.35. The average molecular weight is 327 g/mol. The van der Waals surface area contributed by atoms with Gasteiger partial charge >= 0.3 is 6.18 Å². The summed E-state index contributed by atoms with van der Waals surface area (Å²) in [6.45, 7) is 1.96. The molecule has 0 saturated heterocycles. The second-order valence-corrected chi connectivity index (χ2v) is 6.15. The SMILES string of the molecule is CCCC1=S(C#N)C=CC(n2cnc(C(F)(F)F)cc2=O)=C1. The first kappa shape index (κ1) is 16.2. The minimum atomic E-state index is -4.65. The molecule has 4 nitrogen and oxygen atoms in total. The summed E-state index contributed by atoms with van der Waals surface area (Å²) in [4.78, 5) is 16.0. The van der Waals surface area contributed by atoms with Crippen LogP contribution < -0.4 is 5.56 Å². The monoisotopic (exact) mass is 327 g/mol. The topological polar surface area (TPSA) is 58.7 Å². The number of thiocyanates is 1. The van der Waals surface area contributed by atoms with Crippen LogP contribution >= 0.6 is 10.5 Å². The van der Waals surface area contributed by atoms with Crippen LogP contribution in [0.4, 0.5) is 13.2 Å². The van der Waals surface area contributed by atoms with Crippen molar-refractivity contribution in [3.63, 3.8) is 0 Å². The summed E-state index contributed by atoms with van der Waals surface area (Å²) in [6.07, 6.45) is 0.960. The van der Waals surface area contributed by atoms with E-state index >= 15 is 0 Å². The van der Waals surface area contributed by atoms with Gasteiger partial charge in [-0.3, -0.25) is 9.36 Å². The maximum absolute atomic E-state index is 12.5. The molecule has 0 spiro atoms. The van der Waals surface area contributed by atoms with Gasteiger partial charge in [0.25, 0.3) is 5.56 Å². The lowest BCUT2D eigenvalue weighted by atomic mass is 10.2. The Bertz CT molecular complexity index is 782. The molecule has 2 heterocycles. The number of hydrogen-bond donors (Lipinski definition) is 0. The second kappa shape index (κ2) is 6.32. The van der Waals surface area contributed by atoms with E-state index in [2.05, 4.69) is 10.4 Å². The molecule has 1 unspecified atom stereocenters. The number of hydrogen-bond acceptors (Lipinski definition) is 3. The molecule has 0 aromatic carbocycles. The molecule has 1 atom stereocenters. The van der Waals surface area contributed by atoms with Gasteiger partial charge in [0, 0.05) is 6.07 Å². The zero-order chi connectivity index (χ0) is 16.3. The van der Waals surface area contributed by atoms with Crippen molar-refractivity contribution in [2.24, 2.45) is 0 Å². The molecule has 1 aliphatic heterocycles. The molecule has 0 radical (unpaired) electrons. The van der Waals surface area contributed by atoms with Crippen LogP contribution in [0.5, 0.6) is 0 Å². The molecule has 0 aliphatic carbocycles. The Morgan fingerprint density at radius 1 is 1.45 bits per heavy atom. The van der Waals surface area contributed by atoms with Crippen LogP contribution in [-0.4, -0.2) is 14.4 Å². The molecule has 0 fully saturated rings. The largest absolute Gasteiger partial charge is 0.433 e. The van der Waals surface area contributed by atoms with Crippen molar-refractivity contribution >= 4 is 21.0 Å². The fourth-order valence-electron chi connectivity index (χ4n) is 1.92. The third-order valence-electron chi connectivity index (χ3n) is 2.94. The fourth-order valence-corrected chi connectivity index (χ4v) is 3.22. The summed E-state index contributed by atoms with van der Waals surface area (Å²) in [6, 6.07) is 0.465. The van der Waals surface area contributed by atoms with E-state index in [1.54, 1.807) is 17.6 Å². The van der Waals surface area contributed by atoms with E-state index in [9.17, 15) is 18.0 Å². The summed E-state index contributed by atoms with van der Waals surface area (Å²) >= 11 is 0. The van der Waals surface area contributed by atoms with Gasteiger partial charge in [-0.2, -0.15) is 18.4 Å². The summed E-state index contributed by atoms with van der Waals surface area (Å²) in [5, 5.41) is 12.9. The minimum Gasteiger partial charge on any atom is -0.269 e. The Morgan fingerprint density at radius 3 is 2.73 bits per heavy atom. The van der Waals surface area contributed by atoms with Crippen LogP contribution in [0.2, 0.25) is 0 Å². The van der Waals surface area contributed by atoms with Crippen molar-refractivity contribution in [3.05, 3.63) is 46.0 Å². The molecule has 22 heavy (non-hydrogen) atoms. The Labute approximate surface area is 127 Å². The Hall–Kier alpha value is -2.14. The van der Waals surface area contributed by atoms with Crippen LogP contribution in [0.3, 0.4) is 0 Å². The van der Waals surface area contributed by atoms with Crippen LogP contribution in [0.15, 0.2) is 34.7 Å². The molecule has 1 aliphatic rings. The average Bonchev–Trinajstić information content (AvgIpc) is 2.46. The van der Waals surface area contributed by atoms with Gasteiger partial charge in [0.15, 0.2) is 5.69 Å².